The Bertz CT molecular complexity index is 256. The second kappa shape index (κ2) is 6.59. The second-order valence-electron chi connectivity index (χ2n) is 3.83. The second-order valence-corrected chi connectivity index (χ2v) is 3.83. The van der Waals surface area contributed by atoms with Crippen LogP contribution in [0, 0.1) is 0 Å². The lowest BCUT2D eigenvalue weighted by Gasteiger charge is -2.23. The van der Waals surface area contributed by atoms with Gasteiger partial charge in [0.2, 0.25) is 0 Å². The van der Waals surface area contributed by atoms with Crippen LogP contribution >= 0.6 is 0 Å². The Morgan fingerprint density at radius 2 is 1.80 bits per heavy atom. The normalized spacial score (nSPS) is 14.9. The van der Waals surface area contributed by atoms with Crippen molar-refractivity contribution in [2.75, 3.05) is 6.61 Å². The molecule has 0 aliphatic rings. The van der Waals surface area contributed by atoms with Gasteiger partial charge < -0.3 is 10.4 Å². The number of rotatable bonds is 6. The van der Waals surface area contributed by atoms with Gasteiger partial charge in [0, 0.05) is 12.1 Å². The molecule has 1 aromatic carbocycles. The van der Waals surface area contributed by atoms with Crippen LogP contribution in [0.15, 0.2) is 30.3 Å². The van der Waals surface area contributed by atoms with E-state index in [0.717, 1.165) is 12.8 Å². The smallest absolute Gasteiger partial charge is 0.0584 e. The van der Waals surface area contributed by atoms with Gasteiger partial charge >= 0.3 is 0 Å². The van der Waals surface area contributed by atoms with Gasteiger partial charge in [0.1, 0.15) is 0 Å². The molecule has 0 aliphatic heterocycles. The van der Waals surface area contributed by atoms with Crippen LogP contribution in [0.3, 0.4) is 0 Å². The molecule has 0 heterocycles. The number of hydrogen-bond donors (Lipinski definition) is 2. The molecule has 2 N–H and O–H groups in total. The highest BCUT2D eigenvalue weighted by Gasteiger charge is 2.12. The third kappa shape index (κ3) is 3.65. The maximum absolute atomic E-state index is 9.15. The van der Waals surface area contributed by atoms with Crippen LogP contribution in [0.1, 0.15) is 38.3 Å². The minimum Gasteiger partial charge on any atom is -0.395 e. The zero-order valence-electron chi connectivity index (χ0n) is 9.61. The van der Waals surface area contributed by atoms with Crippen molar-refractivity contribution in [3.05, 3.63) is 35.9 Å². The maximum atomic E-state index is 9.15. The molecule has 0 bridgehead atoms. The third-order valence-corrected chi connectivity index (χ3v) is 2.76. The number of benzene rings is 1. The van der Waals surface area contributed by atoms with E-state index >= 15 is 0 Å². The maximum Gasteiger partial charge on any atom is 0.0584 e. The van der Waals surface area contributed by atoms with Crippen LogP contribution in [0.4, 0.5) is 0 Å². The molecule has 2 nitrogen and oxygen atoms in total. The molecule has 15 heavy (non-hydrogen) atoms. The molecular weight excluding hydrogens is 186 g/mol. The van der Waals surface area contributed by atoms with Gasteiger partial charge in [0.25, 0.3) is 0 Å². The first kappa shape index (κ1) is 12.2. The minimum atomic E-state index is 0.204. The molecule has 0 saturated heterocycles. The highest BCUT2D eigenvalue weighted by Crippen LogP contribution is 2.16. The van der Waals surface area contributed by atoms with Crippen molar-refractivity contribution < 1.29 is 5.11 Å². The van der Waals surface area contributed by atoms with E-state index in [1.807, 2.05) is 6.07 Å². The van der Waals surface area contributed by atoms with Crippen LogP contribution in [-0.2, 0) is 0 Å². The number of nitrogens with one attached hydrogen (secondary N) is 1. The van der Waals surface area contributed by atoms with Crippen molar-refractivity contribution in [1.29, 1.82) is 0 Å². The average Bonchev–Trinajstić information content (AvgIpc) is 2.32. The summed E-state index contributed by atoms with van der Waals surface area (Å²) in [6, 6.07) is 11.0. The summed E-state index contributed by atoms with van der Waals surface area (Å²) in [5.41, 5.74) is 1.30. The highest BCUT2D eigenvalue weighted by atomic mass is 16.3. The fourth-order valence-corrected chi connectivity index (χ4v) is 1.72. The largest absolute Gasteiger partial charge is 0.395 e. The van der Waals surface area contributed by atoms with Crippen molar-refractivity contribution in [3.8, 4) is 0 Å². The lowest BCUT2D eigenvalue weighted by Crippen LogP contribution is -2.34. The van der Waals surface area contributed by atoms with Crippen LogP contribution in [0.25, 0.3) is 0 Å². The molecule has 84 valence electrons. The predicted octanol–water partition coefficient (Wildman–Crippen LogP) is 2.50. The SMILES string of the molecule is CCC(CO)NC(CC)c1ccccc1. The molecule has 2 heteroatoms. The summed E-state index contributed by atoms with van der Waals surface area (Å²) >= 11 is 0. The van der Waals surface area contributed by atoms with E-state index in [9.17, 15) is 0 Å². The van der Waals surface area contributed by atoms with Gasteiger partial charge in [-0.05, 0) is 18.4 Å². The topological polar surface area (TPSA) is 32.3 Å². The summed E-state index contributed by atoms with van der Waals surface area (Å²) in [5.74, 6) is 0. The summed E-state index contributed by atoms with van der Waals surface area (Å²) in [5, 5.41) is 12.6. The number of hydrogen-bond acceptors (Lipinski definition) is 2. The Kier molecular flexibility index (Phi) is 5.37. The molecule has 0 aliphatic carbocycles. The van der Waals surface area contributed by atoms with E-state index in [4.69, 9.17) is 5.11 Å². The monoisotopic (exact) mass is 207 g/mol. The fraction of sp³-hybridized carbons (Fsp3) is 0.538. The van der Waals surface area contributed by atoms with E-state index < -0.39 is 0 Å². The molecule has 0 spiro atoms. The first-order chi connectivity index (χ1) is 7.31. The molecule has 0 saturated carbocycles. The summed E-state index contributed by atoms with van der Waals surface area (Å²) in [6.45, 7) is 4.46. The van der Waals surface area contributed by atoms with E-state index in [0.29, 0.717) is 6.04 Å². The zero-order chi connectivity index (χ0) is 11.1. The van der Waals surface area contributed by atoms with Crippen LogP contribution in [0.5, 0.6) is 0 Å². The molecule has 0 aromatic heterocycles. The predicted molar refractivity (Wildman–Crippen MR) is 63.8 cm³/mol. The Balaban J connectivity index is 2.64. The summed E-state index contributed by atoms with van der Waals surface area (Å²) in [6.07, 6.45) is 2.00. The van der Waals surface area contributed by atoms with Crippen molar-refractivity contribution in [2.24, 2.45) is 0 Å². The standard InChI is InChI=1S/C13H21NO/c1-3-12(10-15)14-13(4-2)11-8-6-5-7-9-11/h5-9,12-15H,3-4,10H2,1-2H3. The van der Waals surface area contributed by atoms with Gasteiger partial charge in [-0.1, -0.05) is 44.2 Å². The quantitative estimate of drug-likeness (QED) is 0.751. The summed E-state index contributed by atoms with van der Waals surface area (Å²) in [7, 11) is 0. The van der Waals surface area contributed by atoms with Crippen LogP contribution in [0.2, 0.25) is 0 Å². The fourth-order valence-electron chi connectivity index (χ4n) is 1.72. The lowest BCUT2D eigenvalue weighted by molar-refractivity contribution is 0.226. The van der Waals surface area contributed by atoms with Crippen molar-refractivity contribution in [3.63, 3.8) is 0 Å². The average molecular weight is 207 g/mol. The van der Waals surface area contributed by atoms with Crippen LogP contribution < -0.4 is 5.32 Å². The van der Waals surface area contributed by atoms with Crippen molar-refractivity contribution in [2.45, 2.75) is 38.8 Å². The molecule has 1 aromatic rings. The molecule has 0 fully saturated rings. The first-order valence-electron chi connectivity index (χ1n) is 5.73. The molecule has 0 radical (unpaired) electrons. The van der Waals surface area contributed by atoms with Gasteiger partial charge in [-0.25, -0.2) is 0 Å². The van der Waals surface area contributed by atoms with Crippen LogP contribution in [-0.4, -0.2) is 17.8 Å². The Morgan fingerprint density at radius 1 is 1.13 bits per heavy atom. The molecule has 2 atom stereocenters. The van der Waals surface area contributed by atoms with Gasteiger partial charge in [-0.15, -0.1) is 0 Å². The number of aliphatic hydroxyl groups excluding tert-OH is 1. The Morgan fingerprint density at radius 3 is 2.27 bits per heavy atom. The molecule has 2 unspecified atom stereocenters. The van der Waals surface area contributed by atoms with Gasteiger partial charge in [-0.2, -0.15) is 0 Å². The number of aliphatic hydroxyl groups is 1. The van der Waals surface area contributed by atoms with Gasteiger partial charge in [0.05, 0.1) is 6.61 Å². The zero-order valence-corrected chi connectivity index (χ0v) is 9.61. The Labute approximate surface area is 92.3 Å². The van der Waals surface area contributed by atoms with E-state index in [1.54, 1.807) is 0 Å². The van der Waals surface area contributed by atoms with Crippen molar-refractivity contribution in [1.82, 2.24) is 5.32 Å². The van der Waals surface area contributed by atoms with Gasteiger partial charge in [0.15, 0.2) is 0 Å². The summed E-state index contributed by atoms with van der Waals surface area (Å²) in [4.78, 5) is 0. The van der Waals surface area contributed by atoms with E-state index in [-0.39, 0.29) is 12.6 Å². The van der Waals surface area contributed by atoms with E-state index in [2.05, 4.69) is 43.4 Å². The first-order valence-corrected chi connectivity index (χ1v) is 5.73. The third-order valence-electron chi connectivity index (χ3n) is 2.76. The summed E-state index contributed by atoms with van der Waals surface area (Å²) < 4.78 is 0. The molecule has 1 rings (SSSR count). The minimum absolute atomic E-state index is 0.204. The highest BCUT2D eigenvalue weighted by molar-refractivity contribution is 5.18. The lowest BCUT2D eigenvalue weighted by atomic mass is 10.0. The molecular formula is C13H21NO. The van der Waals surface area contributed by atoms with E-state index in [1.165, 1.54) is 5.56 Å². The Hall–Kier alpha value is -0.860. The van der Waals surface area contributed by atoms with Gasteiger partial charge in [-0.3, -0.25) is 0 Å². The molecule has 0 amide bonds. The van der Waals surface area contributed by atoms with Crippen molar-refractivity contribution >= 4 is 0 Å².